The van der Waals surface area contributed by atoms with E-state index >= 15 is 0 Å². The number of imidazole rings is 1. The quantitative estimate of drug-likeness (QED) is 0.896. The van der Waals surface area contributed by atoms with Gasteiger partial charge >= 0.3 is 6.18 Å². The largest absolute Gasteiger partial charge is 0.417 e. The Morgan fingerprint density at radius 2 is 2.15 bits per heavy atom. The Hall–Kier alpha value is -1.83. The lowest BCUT2D eigenvalue weighted by Crippen LogP contribution is -2.23. The number of benzene rings is 1. The molecular formula is C12H9BrF3N3O. The van der Waals surface area contributed by atoms with Crippen molar-refractivity contribution in [2.24, 2.45) is 0 Å². The van der Waals surface area contributed by atoms with Crippen molar-refractivity contribution in [3.63, 3.8) is 0 Å². The molecule has 20 heavy (non-hydrogen) atoms. The van der Waals surface area contributed by atoms with Gasteiger partial charge in [0.1, 0.15) is 0 Å². The molecule has 2 rings (SSSR count). The number of H-pyrrole nitrogens is 1. The van der Waals surface area contributed by atoms with E-state index in [1.807, 2.05) is 0 Å². The zero-order valence-corrected chi connectivity index (χ0v) is 11.5. The van der Waals surface area contributed by atoms with Gasteiger partial charge in [-0.15, -0.1) is 0 Å². The highest BCUT2D eigenvalue weighted by Crippen LogP contribution is 2.35. The second-order valence-corrected chi connectivity index (χ2v) is 4.81. The molecule has 1 aromatic heterocycles. The van der Waals surface area contributed by atoms with Crippen LogP contribution in [0.3, 0.4) is 0 Å². The molecule has 0 bridgehead atoms. The highest BCUT2D eigenvalue weighted by Gasteiger charge is 2.33. The summed E-state index contributed by atoms with van der Waals surface area (Å²) in [7, 11) is 0. The van der Waals surface area contributed by atoms with Gasteiger partial charge in [-0.2, -0.15) is 13.2 Å². The van der Waals surface area contributed by atoms with Crippen LogP contribution in [0.15, 0.2) is 35.2 Å². The number of carbonyl (C=O) groups is 1. The normalized spacial score (nSPS) is 11.4. The summed E-state index contributed by atoms with van der Waals surface area (Å²) in [6.45, 7) is 0.163. The van der Waals surface area contributed by atoms with Gasteiger partial charge in [0.2, 0.25) is 0 Å². The summed E-state index contributed by atoms with van der Waals surface area (Å²) in [6.07, 6.45) is -1.55. The van der Waals surface area contributed by atoms with E-state index in [1.165, 1.54) is 24.7 Å². The number of rotatable bonds is 3. The molecule has 1 heterocycles. The molecule has 1 aromatic carbocycles. The van der Waals surface area contributed by atoms with Crippen LogP contribution < -0.4 is 5.32 Å². The maximum absolute atomic E-state index is 12.7. The molecular weight excluding hydrogens is 339 g/mol. The molecule has 0 fully saturated rings. The number of nitrogens with zero attached hydrogens (tertiary/aromatic N) is 1. The van der Waals surface area contributed by atoms with Gasteiger partial charge in [-0.3, -0.25) is 4.79 Å². The number of aromatic amines is 1. The van der Waals surface area contributed by atoms with Gasteiger partial charge in [0.05, 0.1) is 24.1 Å². The SMILES string of the molecule is O=C(NCc1cnc[nH]1)c1ccc(Br)c(C(F)(F)F)c1. The first-order chi connectivity index (χ1) is 9.38. The Balaban J connectivity index is 2.14. The van der Waals surface area contributed by atoms with Crippen molar-refractivity contribution in [1.29, 1.82) is 0 Å². The summed E-state index contributed by atoms with van der Waals surface area (Å²) in [5, 5.41) is 2.51. The van der Waals surface area contributed by atoms with Crippen LogP contribution in [0.2, 0.25) is 0 Å². The van der Waals surface area contributed by atoms with Crippen LogP contribution in [0.5, 0.6) is 0 Å². The summed E-state index contributed by atoms with van der Waals surface area (Å²) in [4.78, 5) is 18.3. The van der Waals surface area contributed by atoms with E-state index in [9.17, 15) is 18.0 Å². The van der Waals surface area contributed by atoms with Crippen molar-refractivity contribution in [2.75, 3.05) is 0 Å². The van der Waals surface area contributed by atoms with Gasteiger partial charge in [-0.05, 0) is 18.2 Å². The molecule has 0 unspecified atom stereocenters. The highest BCUT2D eigenvalue weighted by molar-refractivity contribution is 9.10. The van der Waals surface area contributed by atoms with Gasteiger partial charge in [-0.25, -0.2) is 4.98 Å². The van der Waals surface area contributed by atoms with Gasteiger partial charge in [0.25, 0.3) is 5.91 Å². The van der Waals surface area contributed by atoms with E-state index in [-0.39, 0.29) is 16.6 Å². The van der Waals surface area contributed by atoms with Crippen molar-refractivity contribution in [2.45, 2.75) is 12.7 Å². The number of hydrogen-bond donors (Lipinski definition) is 2. The highest BCUT2D eigenvalue weighted by atomic mass is 79.9. The minimum Gasteiger partial charge on any atom is -0.347 e. The lowest BCUT2D eigenvalue weighted by Gasteiger charge is -2.11. The number of nitrogens with one attached hydrogen (secondary N) is 2. The molecule has 0 atom stereocenters. The minimum atomic E-state index is -4.52. The molecule has 0 saturated heterocycles. The van der Waals surface area contributed by atoms with Crippen LogP contribution in [0.1, 0.15) is 21.6 Å². The second kappa shape index (κ2) is 5.66. The third-order valence-corrected chi connectivity index (χ3v) is 3.22. The van der Waals surface area contributed by atoms with Crippen molar-refractivity contribution in [3.05, 3.63) is 52.0 Å². The van der Waals surface area contributed by atoms with E-state index in [1.54, 1.807) is 0 Å². The van der Waals surface area contributed by atoms with Crippen molar-refractivity contribution >= 4 is 21.8 Å². The minimum absolute atomic E-state index is 0.0555. The lowest BCUT2D eigenvalue weighted by atomic mass is 10.1. The van der Waals surface area contributed by atoms with Gasteiger partial charge in [0.15, 0.2) is 0 Å². The molecule has 0 radical (unpaired) electrons. The molecule has 0 spiro atoms. The summed E-state index contributed by atoms with van der Waals surface area (Å²) >= 11 is 2.82. The standard InChI is InChI=1S/C12H9BrF3N3O/c13-10-2-1-7(3-9(10)12(14,15)16)11(20)18-5-8-4-17-6-19-8/h1-4,6H,5H2,(H,17,19)(H,18,20). The molecule has 2 aromatic rings. The van der Waals surface area contributed by atoms with E-state index in [0.29, 0.717) is 5.69 Å². The lowest BCUT2D eigenvalue weighted by molar-refractivity contribution is -0.138. The average Bonchev–Trinajstić information content (AvgIpc) is 2.88. The molecule has 0 aliphatic heterocycles. The number of halogens is 4. The van der Waals surface area contributed by atoms with Crippen LogP contribution in [0, 0.1) is 0 Å². The van der Waals surface area contributed by atoms with Crippen molar-refractivity contribution < 1.29 is 18.0 Å². The smallest absolute Gasteiger partial charge is 0.347 e. The maximum Gasteiger partial charge on any atom is 0.417 e. The fourth-order valence-electron chi connectivity index (χ4n) is 1.54. The van der Waals surface area contributed by atoms with Crippen LogP contribution in [0.4, 0.5) is 13.2 Å². The predicted octanol–water partition coefficient (Wildman–Crippen LogP) is 3.12. The zero-order chi connectivity index (χ0) is 14.8. The van der Waals surface area contributed by atoms with Gasteiger partial charge in [0, 0.05) is 16.2 Å². The number of hydrogen-bond acceptors (Lipinski definition) is 2. The molecule has 0 saturated carbocycles. The number of amides is 1. The Morgan fingerprint density at radius 3 is 2.75 bits per heavy atom. The Kier molecular flexibility index (Phi) is 4.12. The van der Waals surface area contributed by atoms with E-state index in [0.717, 1.165) is 6.07 Å². The van der Waals surface area contributed by atoms with E-state index in [2.05, 4.69) is 31.2 Å². The fraction of sp³-hybridized carbons (Fsp3) is 0.167. The number of aromatic nitrogens is 2. The van der Waals surface area contributed by atoms with Crippen LogP contribution >= 0.6 is 15.9 Å². The van der Waals surface area contributed by atoms with Gasteiger partial charge < -0.3 is 10.3 Å². The van der Waals surface area contributed by atoms with Crippen molar-refractivity contribution in [3.8, 4) is 0 Å². The van der Waals surface area contributed by atoms with Crippen LogP contribution in [-0.4, -0.2) is 15.9 Å². The fourth-order valence-corrected chi connectivity index (χ4v) is 2.01. The Morgan fingerprint density at radius 1 is 1.40 bits per heavy atom. The van der Waals surface area contributed by atoms with Crippen LogP contribution in [0.25, 0.3) is 0 Å². The molecule has 4 nitrogen and oxygen atoms in total. The summed E-state index contributed by atoms with van der Waals surface area (Å²) in [5.74, 6) is -0.586. The molecule has 2 N–H and O–H groups in total. The Labute approximate surface area is 120 Å². The van der Waals surface area contributed by atoms with Crippen LogP contribution in [-0.2, 0) is 12.7 Å². The number of alkyl halides is 3. The summed E-state index contributed by atoms with van der Waals surface area (Å²) in [5.41, 5.74) is -0.279. The first-order valence-corrected chi connectivity index (χ1v) is 6.29. The number of carbonyl (C=O) groups excluding carboxylic acids is 1. The van der Waals surface area contributed by atoms with Gasteiger partial charge in [-0.1, -0.05) is 15.9 Å². The van der Waals surface area contributed by atoms with Crippen molar-refractivity contribution in [1.82, 2.24) is 15.3 Å². The van der Waals surface area contributed by atoms with E-state index < -0.39 is 17.6 Å². The zero-order valence-electron chi connectivity index (χ0n) is 9.96. The maximum atomic E-state index is 12.7. The first kappa shape index (κ1) is 14.6. The molecule has 8 heteroatoms. The summed E-state index contributed by atoms with van der Waals surface area (Å²) < 4.78 is 38.1. The Bertz CT molecular complexity index is 611. The second-order valence-electron chi connectivity index (χ2n) is 3.95. The molecule has 1 amide bonds. The molecule has 106 valence electrons. The summed E-state index contributed by atoms with van der Waals surface area (Å²) in [6, 6.07) is 3.34. The third kappa shape index (κ3) is 3.38. The first-order valence-electron chi connectivity index (χ1n) is 5.50. The topological polar surface area (TPSA) is 57.8 Å². The van der Waals surface area contributed by atoms with E-state index in [4.69, 9.17) is 0 Å². The average molecular weight is 348 g/mol. The predicted molar refractivity (Wildman–Crippen MR) is 68.9 cm³/mol. The third-order valence-electron chi connectivity index (χ3n) is 2.53. The molecule has 0 aliphatic carbocycles. The molecule has 0 aliphatic rings. The monoisotopic (exact) mass is 347 g/mol.